The van der Waals surface area contributed by atoms with Gasteiger partial charge >= 0.3 is 0 Å². The maximum absolute atomic E-state index is 3.97. The third kappa shape index (κ3) is 1.54. The number of rotatable bonds is 2. The number of H-pyrrole nitrogens is 1. The lowest BCUT2D eigenvalue weighted by Gasteiger charge is -2.16. The number of hydrogen-bond donors (Lipinski definition) is 1. The van der Waals surface area contributed by atoms with Crippen LogP contribution in [0.5, 0.6) is 0 Å². The van der Waals surface area contributed by atoms with Crippen molar-refractivity contribution in [2.75, 3.05) is 11.9 Å². The van der Waals surface area contributed by atoms with E-state index >= 15 is 0 Å². The van der Waals surface area contributed by atoms with E-state index in [2.05, 4.69) is 22.1 Å². The maximum Gasteiger partial charge on any atom is 0.130 e. The molecule has 0 unspecified atom stereocenters. The molecule has 0 radical (unpaired) electrons. The molecule has 3 nitrogen and oxygen atoms in total. The Bertz CT molecular complexity index is 353. The van der Waals surface area contributed by atoms with Crippen molar-refractivity contribution >= 4 is 11.5 Å². The van der Waals surface area contributed by atoms with Gasteiger partial charge in [-0.1, -0.05) is 18.2 Å². The van der Waals surface area contributed by atoms with E-state index in [0.717, 1.165) is 11.5 Å². The van der Waals surface area contributed by atoms with Gasteiger partial charge in [0.2, 0.25) is 0 Å². The Morgan fingerprint density at radius 1 is 1.23 bits per heavy atom. The molecule has 0 amide bonds. The minimum atomic E-state index is 0.992. The van der Waals surface area contributed by atoms with E-state index in [1.165, 1.54) is 0 Å². The molecule has 0 spiro atoms. The first-order chi connectivity index (χ1) is 6.38. The summed E-state index contributed by atoms with van der Waals surface area (Å²) in [7, 11) is 2.00. The normalized spacial score (nSPS) is 9.92. The second kappa shape index (κ2) is 3.31. The van der Waals surface area contributed by atoms with E-state index in [1.54, 1.807) is 12.5 Å². The summed E-state index contributed by atoms with van der Waals surface area (Å²) in [5, 5.41) is 0. The van der Waals surface area contributed by atoms with Crippen LogP contribution in [-0.4, -0.2) is 17.0 Å². The van der Waals surface area contributed by atoms with Crippen molar-refractivity contribution in [3.63, 3.8) is 0 Å². The summed E-state index contributed by atoms with van der Waals surface area (Å²) in [6, 6.07) is 10.1. The van der Waals surface area contributed by atoms with Crippen molar-refractivity contribution in [1.82, 2.24) is 9.97 Å². The molecule has 0 aliphatic carbocycles. The second-order valence-electron chi connectivity index (χ2n) is 2.83. The standard InChI is InChI=1S/C10H11N3/c1-13(10-7-11-8-12-10)9-5-3-2-4-6-9/h2-8H,1H3,(H,11,12). The van der Waals surface area contributed by atoms with Crippen LogP contribution in [0, 0.1) is 0 Å². The molecule has 0 saturated heterocycles. The van der Waals surface area contributed by atoms with E-state index in [0.29, 0.717) is 0 Å². The van der Waals surface area contributed by atoms with Gasteiger partial charge in [0.05, 0.1) is 12.5 Å². The van der Waals surface area contributed by atoms with Crippen LogP contribution in [0.2, 0.25) is 0 Å². The lowest BCUT2D eigenvalue weighted by molar-refractivity contribution is 1.15. The van der Waals surface area contributed by atoms with Crippen molar-refractivity contribution in [2.24, 2.45) is 0 Å². The van der Waals surface area contributed by atoms with Crippen molar-refractivity contribution in [2.45, 2.75) is 0 Å². The summed E-state index contributed by atoms with van der Waals surface area (Å²) in [6.07, 6.45) is 3.47. The highest BCUT2D eigenvalue weighted by Crippen LogP contribution is 2.19. The Morgan fingerprint density at radius 3 is 2.62 bits per heavy atom. The molecule has 0 saturated carbocycles. The Kier molecular flexibility index (Phi) is 2.00. The summed E-state index contributed by atoms with van der Waals surface area (Å²) in [6.45, 7) is 0. The number of aromatic nitrogens is 2. The van der Waals surface area contributed by atoms with Crippen LogP contribution in [0.4, 0.5) is 11.5 Å². The SMILES string of the molecule is CN(c1ccccc1)c1cnc[nH]1. The van der Waals surface area contributed by atoms with Crippen LogP contribution >= 0.6 is 0 Å². The number of anilines is 2. The van der Waals surface area contributed by atoms with Gasteiger partial charge in [0.1, 0.15) is 5.82 Å². The van der Waals surface area contributed by atoms with Crippen LogP contribution in [0.1, 0.15) is 0 Å². The van der Waals surface area contributed by atoms with Crippen molar-refractivity contribution in [1.29, 1.82) is 0 Å². The zero-order valence-electron chi connectivity index (χ0n) is 7.44. The largest absolute Gasteiger partial charge is 0.331 e. The van der Waals surface area contributed by atoms with Crippen LogP contribution in [0.15, 0.2) is 42.9 Å². The number of aromatic amines is 1. The fraction of sp³-hybridized carbons (Fsp3) is 0.100. The molecule has 1 aromatic carbocycles. The van der Waals surface area contributed by atoms with E-state index < -0.39 is 0 Å². The van der Waals surface area contributed by atoms with Crippen LogP contribution in [0.25, 0.3) is 0 Å². The number of benzene rings is 1. The lowest BCUT2D eigenvalue weighted by Crippen LogP contribution is -2.09. The highest BCUT2D eigenvalue weighted by molar-refractivity contribution is 5.57. The molecule has 1 heterocycles. The highest BCUT2D eigenvalue weighted by atomic mass is 15.2. The number of nitrogens with zero attached hydrogens (tertiary/aromatic N) is 2. The average molecular weight is 173 g/mol. The molecular weight excluding hydrogens is 162 g/mol. The van der Waals surface area contributed by atoms with Crippen LogP contribution in [-0.2, 0) is 0 Å². The summed E-state index contributed by atoms with van der Waals surface area (Å²) in [4.78, 5) is 9.07. The predicted molar refractivity (Wildman–Crippen MR) is 53.1 cm³/mol. The van der Waals surface area contributed by atoms with Gasteiger partial charge in [-0.05, 0) is 12.1 Å². The van der Waals surface area contributed by atoms with Gasteiger partial charge in [0.25, 0.3) is 0 Å². The van der Waals surface area contributed by atoms with Gasteiger partial charge in [-0.15, -0.1) is 0 Å². The Hall–Kier alpha value is -1.77. The fourth-order valence-corrected chi connectivity index (χ4v) is 1.22. The molecule has 0 fully saturated rings. The van der Waals surface area contributed by atoms with Crippen molar-refractivity contribution in [3.05, 3.63) is 42.9 Å². The third-order valence-corrected chi connectivity index (χ3v) is 1.99. The first kappa shape index (κ1) is 7.86. The van der Waals surface area contributed by atoms with Gasteiger partial charge in [0, 0.05) is 12.7 Å². The monoisotopic (exact) mass is 173 g/mol. The molecule has 2 aromatic rings. The summed E-state index contributed by atoms with van der Waals surface area (Å²) in [5.41, 5.74) is 1.15. The maximum atomic E-state index is 3.97. The zero-order valence-corrected chi connectivity index (χ0v) is 7.44. The lowest BCUT2D eigenvalue weighted by atomic mass is 10.3. The number of para-hydroxylation sites is 1. The van der Waals surface area contributed by atoms with E-state index in [1.807, 2.05) is 30.1 Å². The molecule has 2 rings (SSSR count). The molecule has 1 N–H and O–H groups in total. The van der Waals surface area contributed by atoms with Crippen LogP contribution < -0.4 is 4.90 Å². The fourth-order valence-electron chi connectivity index (χ4n) is 1.22. The number of nitrogens with one attached hydrogen (secondary N) is 1. The Balaban J connectivity index is 2.29. The topological polar surface area (TPSA) is 31.9 Å². The van der Waals surface area contributed by atoms with Crippen LogP contribution in [0.3, 0.4) is 0 Å². The first-order valence-corrected chi connectivity index (χ1v) is 4.15. The highest BCUT2D eigenvalue weighted by Gasteiger charge is 2.02. The molecule has 1 aromatic heterocycles. The molecule has 0 bridgehead atoms. The summed E-state index contributed by atoms with van der Waals surface area (Å²) < 4.78 is 0. The number of imidazole rings is 1. The molecule has 3 heteroatoms. The number of hydrogen-bond acceptors (Lipinski definition) is 2. The smallest absolute Gasteiger partial charge is 0.130 e. The Morgan fingerprint density at radius 2 is 2.00 bits per heavy atom. The van der Waals surface area contributed by atoms with Crippen molar-refractivity contribution in [3.8, 4) is 0 Å². The quantitative estimate of drug-likeness (QED) is 0.754. The summed E-state index contributed by atoms with van der Waals surface area (Å²) in [5.74, 6) is 0.992. The third-order valence-electron chi connectivity index (χ3n) is 1.99. The van der Waals surface area contributed by atoms with Gasteiger partial charge < -0.3 is 9.88 Å². The second-order valence-corrected chi connectivity index (χ2v) is 2.83. The predicted octanol–water partition coefficient (Wildman–Crippen LogP) is 2.18. The zero-order chi connectivity index (χ0) is 9.10. The molecule has 0 aliphatic heterocycles. The van der Waals surface area contributed by atoms with E-state index in [9.17, 15) is 0 Å². The molecule has 0 atom stereocenters. The first-order valence-electron chi connectivity index (χ1n) is 4.15. The molecular formula is C10H11N3. The van der Waals surface area contributed by atoms with Gasteiger partial charge in [-0.25, -0.2) is 4.98 Å². The molecule has 13 heavy (non-hydrogen) atoms. The molecule has 0 aliphatic rings. The minimum Gasteiger partial charge on any atom is -0.331 e. The van der Waals surface area contributed by atoms with Crippen molar-refractivity contribution < 1.29 is 0 Å². The average Bonchev–Trinajstić information content (AvgIpc) is 2.71. The van der Waals surface area contributed by atoms with Gasteiger partial charge in [-0.2, -0.15) is 0 Å². The minimum absolute atomic E-state index is 0.992. The Labute approximate surface area is 77.0 Å². The van der Waals surface area contributed by atoms with E-state index in [4.69, 9.17) is 0 Å². The van der Waals surface area contributed by atoms with Gasteiger partial charge in [-0.3, -0.25) is 0 Å². The summed E-state index contributed by atoms with van der Waals surface area (Å²) >= 11 is 0. The van der Waals surface area contributed by atoms with E-state index in [-0.39, 0.29) is 0 Å². The molecule has 66 valence electrons. The van der Waals surface area contributed by atoms with Gasteiger partial charge in [0.15, 0.2) is 0 Å².